The van der Waals surface area contributed by atoms with E-state index >= 15 is 0 Å². The summed E-state index contributed by atoms with van der Waals surface area (Å²) < 4.78 is 25.6. The molecule has 0 saturated heterocycles. The highest BCUT2D eigenvalue weighted by molar-refractivity contribution is 7.90. The van der Waals surface area contributed by atoms with Crippen molar-refractivity contribution >= 4 is 32.5 Å². The number of nitrogens with zero attached hydrogens (tertiary/aromatic N) is 4. The molecule has 0 N–H and O–H groups in total. The monoisotopic (exact) mass is 412 g/mol. The normalized spacial score (nSPS) is 14.4. The van der Waals surface area contributed by atoms with Crippen LogP contribution in [0.3, 0.4) is 0 Å². The van der Waals surface area contributed by atoms with Crippen molar-refractivity contribution in [2.45, 2.75) is 44.6 Å². The molecule has 3 aromatic rings. The Morgan fingerprint density at radius 3 is 2.66 bits per heavy atom. The lowest BCUT2D eigenvalue weighted by Gasteiger charge is -2.30. The van der Waals surface area contributed by atoms with Crippen molar-refractivity contribution in [2.24, 2.45) is 0 Å². The van der Waals surface area contributed by atoms with Crippen LogP contribution in [0.1, 0.15) is 47.9 Å². The van der Waals surface area contributed by atoms with Gasteiger partial charge < -0.3 is 4.90 Å². The third kappa shape index (κ3) is 3.42. The van der Waals surface area contributed by atoms with Crippen LogP contribution in [0.2, 0.25) is 0 Å². The van der Waals surface area contributed by atoms with Crippen LogP contribution in [0, 0.1) is 6.92 Å². The Balaban J connectivity index is 1.76. The number of benzene rings is 1. The standard InChI is InChI=1S/C21H24N4O3S/c1-13(2)25-20-16(12-22-25)11-18(14(3)23-20)21(26)24-9-5-6-15-10-17(29(4,27)28)7-8-19(15)24/h7-8,10-13H,5-6,9H2,1-4H3. The number of hydrogen-bond acceptors (Lipinski definition) is 5. The van der Waals surface area contributed by atoms with Crippen molar-refractivity contribution in [2.75, 3.05) is 17.7 Å². The van der Waals surface area contributed by atoms with E-state index < -0.39 is 9.84 Å². The minimum absolute atomic E-state index is 0.123. The Morgan fingerprint density at radius 1 is 1.21 bits per heavy atom. The highest BCUT2D eigenvalue weighted by Gasteiger charge is 2.27. The highest BCUT2D eigenvalue weighted by atomic mass is 32.2. The molecule has 0 unspecified atom stereocenters. The Kier molecular flexibility index (Phi) is 4.69. The van der Waals surface area contributed by atoms with Crippen LogP contribution < -0.4 is 4.90 Å². The summed E-state index contributed by atoms with van der Waals surface area (Å²) in [5.74, 6) is -0.123. The number of anilines is 1. The van der Waals surface area contributed by atoms with Gasteiger partial charge in [0.05, 0.1) is 22.3 Å². The van der Waals surface area contributed by atoms with Gasteiger partial charge in [-0.3, -0.25) is 4.79 Å². The van der Waals surface area contributed by atoms with Crippen LogP contribution in [0.15, 0.2) is 35.4 Å². The zero-order chi connectivity index (χ0) is 20.9. The van der Waals surface area contributed by atoms with Crippen LogP contribution in [0.4, 0.5) is 5.69 Å². The molecule has 1 aromatic carbocycles. The molecule has 0 bridgehead atoms. The van der Waals surface area contributed by atoms with E-state index in [9.17, 15) is 13.2 Å². The van der Waals surface area contributed by atoms with Crippen molar-refractivity contribution in [1.82, 2.24) is 14.8 Å². The van der Waals surface area contributed by atoms with E-state index in [1.807, 2.05) is 31.5 Å². The SMILES string of the molecule is Cc1nc2c(cnn2C(C)C)cc1C(=O)N1CCCc2cc(S(C)(=O)=O)ccc21. The van der Waals surface area contributed by atoms with Gasteiger partial charge in [-0.05, 0) is 63.4 Å². The van der Waals surface area contributed by atoms with E-state index in [1.165, 1.54) is 6.26 Å². The lowest BCUT2D eigenvalue weighted by Crippen LogP contribution is -2.36. The molecule has 4 rings (SSSR count). The molecule has 29 heavy (non-hydrogen) atoms. The average Bonchev–Trinajstić information content (AvgIpc) is 3.08. The van der Waals surface area contributed by atoms with Crippen LogP contribution >= 0.6 is 0 Å². The molecule has 3 heterocycles. The molecule has 0 spiro atoms. The van der Waals surface area contributed by atoms with E-state index in [0.29, 0.717) is 17.8 Å². The topological polar surface area (TPSA) is 85.2 Å². The first-order valence-electron chi connectivity index (χ1n) is 9.66. The van der Waals surface area contributed by atoms with E-state index in [-0.39, 0.29) is 16.8 Å². The summed E-state index contributed by atoms with van der Waals surface area (Å²) in [6.45, 7) is 6.50. The van der Waals surface area contributed by atoms with Crippen molar-refractivity contribution in [3.63, 3.8) is 0 Å². The predicted octanol–water partition coefficient (Wildman–Crippen LogP) is 3.32. The van der Waals surface area contributed by atoms with Gasteiger partial charge in [0.25, 0.3) is 5.91 Å². The molecule has 8 heteroatoms. The fraction of sp³-hybridized carbons (Fsp3) is 0.381. The molecular formula is C21H24N4O3S. The van der Waals surface area contributed by atoms with Gasteiger partial charge in [0, 0.05) is 29.9 Å². The van der Waals surface area contributed by atoms with Gasteiger partial charge in [0.2, 0.25) is 0 Å². The first-order chi connectivity index (χ1) is 13.7. The number of rotatable bonds is 3. The van der Waals surface area contributed by atoms with E-state index in [0.717, 1.165) is 35.1 Å². The number of sulfone groups is 1. The van der Waals surface area contributed by atoms with Gasteiger partial charge in [-0.15, -0.1) is 0 Å². The molecule has 1 aliphatic heterocycles. The highest BCUT2D eigenvalue weighted by Crippen LogP contribution is 2.31. The minimum Gasteiger partial charge on any atom is -0.308 e. The molecule has 1 aliphatic rings. The molecule has 0 saturated carbocycles. The van der Waals surface area contributed by atoms with Crippen LogP contribution in [0.25, 0.3) is 11.0 Å². The molecule has 152 valence electrons. The summed E-state index contributed by atoms with van der Waals surface area (Å²) in [6, 6.07) is 7.02. The van der Waals surface area contributed by atoms with Crippen LogP contribution in [0.5, 0.6) is 0 Å². The predicted molar refractivity (Wildman–Crippen MR) is 112 cm³/mol. The summed E-state index contributed by atoms with van der Waals surface area (Å²) >= 11 is 0. The third-order valence-electron chi connectivity index (χ3n) is 5.32. The fourth-order valence-corrected chi connectivity index (χ4v) is 4.49. The zero-order valence-corrected chi connectivity index (χ0v) is 17.8. The van der Waals surface area contributed by atoms with Crippen LogP contribution in [-0.2, 0) is 16.3 Å². The second-order valence-electron chi connectivity index (χ2n) is 7.84. The number of aromatic nitrogens is 3. The van der Waals surface area contributed by atoms with E-state index in [4.69, 9.17) is 0 Å². The number of hydrogen-bond donors (Lipinski definition) is 0. The van der Waals surface area contributed by atoms with Gasteiger partial charge in [-0.1, -0.05) is 0 Å². The van der Waals surface area contributed by atoms with Gasteiger partial charge in [-0.25, -0.2) is 18.1 Å². The molecule has 7 nitrogen and oxygen atoms in total. The molecule has 0 radical (unpaired) electrons. The van der Waals surface area contributed by atoms with Crippen molar-refractivity contribution < 1.29 is 13.2 Å². The molecule has 0 fully saturated rings. The molecule has 2 aromatic heterocycles. The molecular weight excluding hydrogens is 388 g/mol. The summed E-state index contributed by atoms with van der Waals surface area (Å²) in [4.78, 5) is 20.1. The fourth-order valence-electron chi connectivity index (χ4n) is 3.82. The van der Waals surface area contributed by atoms with Crippen molar-refractivity contribution in [3.8, 4) is 0 Å². The molecule has 0 atom stereocenters. The second kappa shape index (κ2) is 6.95. The summed E-state index contributed by atoms with van der Waals surface area (Å²) in [5.41, 5.74) is 3.62. The average molecular weight is 413 g/mol. The molecule has 1 amide bonds. The largest absolute Gasteiger partial charge is 0.308 e. The maximum Gasteiger partial charge on any atom is 0.260 e. The number of amides is 1. The van der Waals surface area contributed by atoms with Gasteiger partial charge in [0.1, 0.15) is 0 Å². The van der Waals surface area contributed by atoms with Gasteiger partial charge >= 0.3 is 0 Å². The Morgan fingerprint density at radius 2 is 1.97 bits per heavy atom. The number of carbonyl (C=O) groups excluding carboxylic acids is 1. The number of fused-ring (bicyclic) bond motifs is 2. The number of aryl methyl sites for hydroxylation is 2. The van der Waals surface area contributed by atoms with Crippen molar-refractivity contribution in [1.29, 1.82) is 0 Å². The van der Waals surface area contributed by atoms with E-state index in [1.54, 1.807) is 29.3 Å². The lowest BCUT2D eigenvalue weighted by atomic mass is 10.0. The Bertz CT molecular complexity index is 1230. The molecule has 0 aliphatic carbocycles. The summed E-state index contributed by atoms with van der Waals surface area (Å²) in [6.07, 6.45) is 4.47. The maximum atomic E-state index is 13.4. The third-order valence-corrected chi connectivity index (χ3v) is 6.43. The zero-order valence-electron chi connectivity index (χ0n) is 17.0. The van der Waals surface area contributed by atoms with Crippen LogP contribution in [-0.4, -0.2) is 41.9 Å². The first kappa shape index (κ1) is 19.6. The number of carbonyl (C=O) groups is 1. The van der Waals surface area contributed by atoms with Gasteiger partial charge in [0.15, 0.2) is 15.5 Å². The Hall–Kier alpha value is -2.74. The minimum atomic E-state index is -3.28. The second-order valence-corrected chi connectivity index (χ2v) is 9.86. The first-order valence-corrected chi connectivity index (χ1v) is 11.6. The lowest BCUT2D eigenvalue weighted by molar-refractivity contribution is 0.0984. The van der Waals surface area contributed by atoms with Crippen molar-refractivity contribution in [3.05, 3.63) is 47.3 Å². The quantitative estimate of drug-likeness (QED) is 0.659. The maximum absolute atomic E-state index is 13.4. The Labute approximate surface area is 170 Å². The summed E-state index contributed by atoms with van der Waals surface area (Å²) in [5, 5.41) is 5.22. The number of pyridine rings is 1. The van der Waals surface area contributed by atoms with E-state index in [2.05, 4.69) is 10.1 Å². The smallest absolute Gasteiger partial charge is 0.260 e. The summed E-state index contributed by atoms with van der Waals surface area (Å²) in [7, 11) is -3.28. The van der Waals surface area contributed by atoms with Gasteiger partial charge in [-0.2, -0.15) is 5.10 Å².